The van der Waals surface area contributed by atoms with E-state index in [4.69, 9.17) is 4.74 Å². The highest BCUT2D eigenvalue weighted by molar-refractivity contribution is 5.75. The summed E-state index contributed by atoms with van der Waals surface area (Å²) in [7, 11) is 3.33. The molecule has 1 saturated heterocycles. The van der Waals surface area contributed by atoms with Crippen LogP contribution in [-0.4, -0.2) is 43.2 Å². The standard InChI is InChI=1S/C17H26N2O3/c1-19(12-14-3-5-16(22-2)15(20)11-14)17(21)6-4-13-7-9-18-10-8-13/h3,5,11,13,18,20H,4,6-10,12H2,1-2H3. The van der Waals surface area contributed by atoms with E-state index in [9.17, 15) is 9.90 Å². The molecule has 0 aliphatic carbocycles. The average Bonchev–Trinajstić information content (AvgIpc) is 2.53. The number of hydrogen-bond acceptors (Lipinski definition) is 4. The average molecular weight is 306 g/mol. The largest absolute Gasteiger partial charge is 0.504 e. The Morgan fingerprint density at radius 3 is 2.77 bits per heavy atom. The lowest BCUT2D eigenvalue weighted by Gasteiger charge is -2.23. The number of piperidine rings is 1. The van der Waals surface area contributed by atoms with E-state index in [1.54, 1.807) is 17.0 Å². The molecular weight excluding hydrogens is 280 g/mol. The zero-order valence-corrected chi connectivity index (χ0v) is 13.5. The van der Waals surface area contributed by atoms with Crippen molar-refractivity contribution < 1.29 is 14.6 Å². The van der Waals surface area contributed by atoms with E-state index in [0.29, 0.717) is 24.6 Å². The number of amides is 1. The molecule has 5 heteroatoms. The fourth-order valence-corrected chi connectivity index (χ4v) is 2.88. The Hall–Kier alpha value is -1.75. The Morgan fingerprint density at radius 2 is 2.14 bits per heavy atom. The highest BCUT2D eigenvalue weighted by Gasteiger charge is 2.16. The highest BCUT2D eigenvalue weighted by Crippen LogP contribution is 2.26. The number of nitrogens with zero attached hydrogens (tertiary/aromatic N) is 1. The SMILES string of the molecule is COc1ccc(CN(C)C(=O)CCC2CCNCC2)cc1O. The summed E-state index contributed by atoms with van der Waals surface area (Å²) in [5.74, 6) is 1.39. The number of carbonyl (C=O) groups excluding carboxylic acids is 1. The molecule has 1 aromatic rings. The van der Waals surface area contributed by atoms with Gasteiger partial charge in [-0.3, -0.25) is 4.79 Å². The van der Waals surface area contributed by atoms with Gasteiger partial charge in [-0.2, -0.15) is 0 Å². The number of nitrogens with one attached hydrogen (secondary N) is 1. The Labute approximate surface area is 132 Å². The normalized spacial score (nSPS) is 15.5. The minimum Gasteiger partial charge on any atom is -0.504 e. The third kappa shape index (κ3) is 4.63. The molecule has 0 spiro atoms. The van der Waals surface area contributed by atoms with Gasteiger partial charge in [0, 0.05) is 20.0 Å². The molecule has 0 radical (unpaired) electrons. The van der Waals surface area contributed by atoms with E-state index < -0.39 is 0 Å². The first-order chi connectivity index (χ1) is 10.6. The molecule has 1 heterocycles. The summed E-state index contributed by atoms with van der Waals surface area (Å²) >= 11 is 0. The van der Waals surface area contributed by atoms with Crippen molar-refractivity contribution in [2.45, 2.75) is 32.2 Å². The number of carbonyl (C=O) groups is 1. The number of ether oxygens (including phenoxy) is 1. The second-order valence-corrected chi connectivity index (χ2v) is 5.99. The molecule has 1 aliphatic heterocycles. The van der Waals surface area contributed by atoms with Gasteiger partial charge in [0.1, 0.15) is 0 Å². The monoisotopic (exact) mass is 306 g/mol. The zero-order chi connectivity index (χ0) is 15.9. The van der Waals surface area contributed by atoms with Gasteiger partial charge >= 0.3 is 0 Å². The van der Waals surface area contributed by atoms with Crippen LogP contribution in [0.4, 0.5) is 0 Å². The van der Waals surface area contributed by atoms with Crippen molar-refractivity contribution in [1.82, 2.24) is 10.2 Å². The topological polar surface area (TPSA) is 61.8 Å². The molecule has 122 valence electrons. The highest BCUT2D eigenvalue weighted by atomic mass is 16.5. The summed E-state index contributed by atoms with van der Waals surface area (Å²) in [6.07, 6.45) is 3.91. The summed E-state index contributed by atoms with van der Waals surface area (Å²) in [6, 6.07) is 5.24. The first kappa shape index (κ1) is 16.6. The molecule has 1 aliphatic rings. The van der Waals surface area contributed by atoms with Gasteiger partial charge in [-0.05, 0) is 56.0 Å². The van der Waals surface area contributed by atoms with Crippen molar-refractivity contribution in [2.75, 3.05) is 27.2 Å². The zero-order valence-electron chi connectivity index (χ0n) is 13.5. The van der Waals surface area contributed by atoms with E-state index in [0.717, 1.165) is 25.1 Å². The molecule has 0 unspecified atom stereocenters. The maximum Gasteiger partial charge on any atom is 0.222 e. The maximum atomic E-state index is 12.2. The van der Waals surface area contributed by atoms with Crippen LogP contribution in [0.1, 0.15) is 31.2 Å². The molecule has 0 saturated carbocycles. The first-order valence-corrected chi connectivity index (χ1v) is 7.90. The van der Waals surface area contributed by atoms with Gasteiger partial charge in [0.15, 0.2) is 11.5 Å². The summed E-state index contributed by atoms with van der Waals surface area (Å²) in [4.78, 5) is 13.9. The van der Waals surface area contributed by atoms with Crippen LogP contribution in [0.25, 0.3) is 0 Å². The molecule has 5 nitrogen and oxygen atoms in total. The molecule has 1 fully saturated rings. The lowest BCUT2D eigenvalue weighted by atomic mass is 9.93. The Bertz CT molecular complexity index is 499. The molecule has 2 N–H and O–H groups in total. The van der Waals surface area contributed by atoms with Crippen molar-refractivity contribution in [3.05, 3.63) is 23.8 Å². The number of phenolic OH excluding ortho intramolecular Hbond substituents is 1. The van der Waals surface area contributed by atoms with E-state index in [-0.39, 0.29) is 11.7 Å². The van der Waals surface area contributed by atoms with Gasteiger partial charge in [-0.25, -0.2) is 0 Å². The second-order valence-electron chi connectivity index (χ2n) is 5.99. The van der Waals surface area contributed by atoms with E-state index in [1.165, 1.54) is 20.0 Å². The number of phenols is 1. The van der Waals surface area contributed by atoms with Crippen LogP contribution >= 0.6 is 0 Å². The fourth-order valence-electron chi connectivity index (χ4n) is 2.88. The van der Waals surface area contributed by atoms with Gasteiger partial charge < -0.3 is 20.1 Å². The summed E-state index contributed by atoms with van der Waals surface area (Å²) in [5.41, 5.74) is 0.899. The maximum absolute atomic E-state index is 12.2. The minimum absolute atomic E-state index is 0.107. The number of rotatable bonds is 6. The van der Waals surface area contributed by atoms with Gasteiger partial charge in [0.2, 0.25) is 5.91 Å². The predicted molar refractivity (Wildman–Crippen MR) is 86.0 cm³/mol. The molecular formula is C17H26N2O3. The van der Waals surface area contributed by atoms with Crippen molar-refractivity contribution >= 4 is 5.91 Å². The Kier molecular flexibility index (Phi) is 6.07. The van der Waals surface area contributed by atoms with Gasteiger partial charge in [0.25, 0.3) is 0 Å². The molecule has 2 rings (SSSR count). The predicted octanol–water partition coefficient (Wildman–Crippen LogP) is 2.14. The third-order valence-corrected chi connectivity index (χ3v) is 4.31. The van der Waals surface area contributed by atoms with Crippen molar-refractivity contribution in [1.29, 1.82) is 0 Å². The van der Waals surface area contributed by atoms with E-state index in [1.807, 2.05) is 13.1 Å². The lowest BCUT2D eigenvalue weighted by molar-refractivity contribution is -0.130. The fraction of sp³-hybridized carbons (Fsp3) is 0.588. The van der Waals surface area contributed by atoms with Gasteiger partial charge in [-0.1, -0.05) is 6.07 Å². The lowest BCUT2D eigenvalue weighted by Crippen LogP contribution is -2.30. The smallest absolute Gasteiger partial charge is 0.222 e. The number of benzene rings is 1. The minimum atomic E-state index is 0.107. The van der Waals surface area contributed by atoms with Crippen molar-refractivity contribution in [3.8, 4) is 11.5 Å². The number of aromatic hydroxyl groups is 1. The summed E-state index contributed by atoms with van der Waals surface area (Å²) in [5, 5.41) is 13.1. The Balaban J connectivity index is 1.81. The molecule has 0 aromatic heterocycles. The molecule has 1 aromatic carbocycles. The van der Waals surface area contributed by atoms with Gasteiger partial charge in [0.05, 0.1) is 7.11 Å². The van der Waals surface area contributed by atoms with E-state index >= 15 is 0 Å². The number of methoxy groups -OCH3 is 1. The molecule has 22 heavy (non-hydrogen) atoms. The molecule has 0 bridgehead atoms. The number of hydrogen-bond donors (Lipinski definition) is 2. The van der Waals surface area contributed by atoms with Crippen LogP contribution in [0.15, 0.2) is 18.2 Å². The van der Waals surface area contributed by atoms with Crippen LogP contribution < -0.4 is 10.1 Å². The third-order valence-electron chi connectivity index (χ3n) is 4.31. The molecule has 1 amide bonds. The van der Waals surface area contributed by atoms with Crippen molar-refractivity contribution in [2.24, 2.45) is 5.92 Å². The van der Waals surface area contributed by atoms with Crippen LogP contribution in [0.3, 0.4) is 0 Å². The Morgan fingerprint density at radius 1 is 1.41 bits per heavy atom. The quantitative estimate of drug-likeness (QED) is 0.845. The van der Waals surface area contributed by atoms with Crippen LogP contribution in [0, 0.1) is 5.92 Å². The van der Waals surface area contributed by atoms with Crippen LogP contribution in [0.2, 0.25) is 0 Å². The van der Waals surface area contributed by atoms with Crippen LogP contribution in [0.5, 0.6) is 11.5 Å². The van der Waals surface area contributed by atoms with E-state index in [2.05, 4.69) is 5.32 Å². The second kappa shape index (κ2) is 8.03. The summed E-state index contributed by atoms with van der Waals surface area (Å²) in [6.45, 7) is 2.64. The first-order valence-electron chi connectivity index (χ1n) is 7.90. The molecule has 0 atom stereocenters. The van der Waals surface area contributed by atoms with Gasteiger partial charge in [-0.15, -0.1) is 0 Å². The van der Waals surface area contributed by atoms with Crippen molar-refractivity contribution in [3.63, 3.8) is 0 Å². The summed E-state index contributed by atoms with van der Waals surface area (Å²) < 4.78 is 5.02. The van der Waals surface area contributed by atoms with Crippen LogP contribution in [-0.2, 0) is 11.3 Å².